The van der Waals surface area contributed by atoms with Gasteiger partial charge >= 0.3 is 5.97 Å². The first-order valence-electron chi connectivity index (χ1n) is 22.2. The van der Waals surface area contributed by atoms with E-state index < -0.39 is 5.97 Å². The van der Waals surface area contributed by atoms with Crippen molar-refractivity contribution in [3.05, 3.63) is 76.1 Å². The third kappa shape index (κ3) is 6.57. The highest BCUT2D eigenvalue weighted by atomic mass is 32.1. The van der Waals surface area contributed by atoms with Crippen LogP contribution in [0.25, 0.3) is 15.8 Å². The number of hydrogen-bond donors (Lipinski definition) is 6. The molecule has 1 saturated heterocycles. The minimum Gasteiger partial charge on any atom is -0.476 e. The number of nitrogens with zero attached hydrogens (tertiary/aromatic N) is 5. The number of thiazole rings is 1. The Morgan fingerprint density at radius 2 is 1.74 bits per heavy atom. The topological polar surface area (TPSA) is 182 Å². The van der Waals surface area contributed by atoms with Gasteiger partial charge in [-0.2, -0.15) is 0 Å². The number of carbonyl (C=O) groups is 1. The largest absolute Gasteiger partial charge is 0.476 e. The first-order chi connectivity index (χ1) is 29.1. The lowest BCUT2D eigenvalue weighted by Crippen LogP contribution is -2.82. The number of aromatic nitrogens is 2. The summed E-state index contributed by atoms with van der Waals surface area (Å²) in [6, 6.07) is 12.1. The van der Waals surface area contributed by atoms with Crippen LogP contribution in [-0.2, 0) is 4.74 Å². The van der Waals surface area contributed by atoms with E-state index in [2.05, 4.69) is 53.1 Å². The summed E-state index contributed by atoms with van der Waals surface area (Å²) in [7, 11) is 0. The molecule has 326 valence electrons. The third-order valence-electron chi connectivity index (χ3n) is 16.0. The van der Waals surface area contributed by atoms with Crippen LogP contribution in [0.3, 0.4) is 0 Å². The second-order valence-corrected chi connectivity index (χ2v) is 20.9. The highest BCUT2D eigenvalue weighted by Crippen LogP contribution is 2.95. The van der Waals surface area contributed by atoms with Gasteiger partial charge in [0.25, 0.3) is 0 Å². The van der Waals surface area contributed by atoms with E-state index in [0.29, 0.717) is 46.3 Å². The minimum absolute atomic E-state index is 0.00728. The highest BCUT2D eigenvalue weighted by Gasteiger charge is 2.93. The van der Waals surface area contributed by atoms with E-state index in [1.54, 1.807) is 6.07 Å². The Hall–Kier alpha value is -4.50. The molecule has 1 spiro atoms. The van der Waals surface area contributed by atoms with Crippen molar-refractivity contribution < 1.29 is 14.6 Å². The summed E-state index contributed by atoms with van der Waals surface area (Å²) < 4.78 is 8.08. The first-order valence-corrected chi connectivity index (χ1v) is 23.0. The van der Waals surface area contributed by atoms with Crippen LogP contribution in [0.4, 0.5) is 10.9 Å². The molecule has 14 heteroatoms. The van der Waals surface area contributed by atoms with Crippen molar-refractivity contribution in [2.75, 3.05) is 62.6 Å². The van der Waals surface area contributed by atoms with Crippen LogP contribution in [0.5, 0.6) is 0 Å². The van der Waals surface area contributed by atoms with Gasteiger partial charge in [-0.05, 0) is 124 Å². The molecule has 6 aliphatic rings. The molecule has 9 rings (SSSR count). The van der Waals surface area contributed by atoms with E-state index in [-0.39, 0.29) is 33.0 Å². The van der Waals surface area contributed by atoms with E-state index in [1.807, 2.05) is 49.1 Å². The first kappa shape index (κ1) is 41.8. The maximum Gasteiger partial charge on any atom is 0.355 e. The number of ether oxygens (including phenoxy) is 1. The number of hydrogen-bond acceptors (Lipinski definition) is 13. The lowest BCUT2D eigenvalue weighted by molar-refractivity contribution is -0.397. The predicted octanol–water partition coefficient (Wildman–Crippen LogP) is 7.20. The number of pyridine rings is 1. The predicted molar refractivity (Wildman–Crippen MR) is 244 cm³/mol. The molecule has 4 heterocycles. The van der Waals surface area contributed by atoms with Gasteiger partial charge in [-0.25, -0.2) is 14.8 Å². The fourth-order valence-corrected chi connectivity index (χ4v) is 14.6. The summed E-state index contributed by atoms with van der Waals surface area (Å²) in [6.07, 6.45) is 8.53. The molecule has 2 aliphatic heterocycles. The third-order valence-corrected chi connectivity index (χ3v) is 17.0. The van der Waals surface area contributed by atoms with Gasteiger partial charge in [-0.1, -0.05) is 37.3 Å². The lowest BCUT2D eigenvalue weighted by atomic mass is 9.25. The molecule has 61 heavy (non-hydrogen) atoms. The van der Waals surface area contributed by atoms with Gasteiger partial charge < -0.3 is 42.3 Å². The summed E-state index contributed by atoms with van der Waals surface area (Å²) in [6.45, 7) is 21.2. The number of piperazine rings is 1. The molecular formula is C47H64N10O3S. The van der Waals surface area contributed by atoms with Gasteiger partial charge in [0.15, 0.2) is 10.8 Å². The van der Waals surface area contributed by atoms with Gasteiger partial charge in [0.05, 0.1) is 22.4 Å². The fourth-order valence-electron chi connectivity index (χ4n) is 13.8. The van der Waals surface area contributed by atoms with Crippen LogP contribution in [0, 0.1) is 27.1 Å². The number of aromatic carboxylic acids is 1. The molecule has 2 bridgehead atoms. The standard InChI is InChI=1S/C47H64N10O3S/c1-29(2)56-18-16-55(17-19-56)20-21-60-46-25-43(5)23-45(24-44(6,26-46)47(43,46)27-45)28-51-31(4)34(22-48)33-13-14-37(53-38(33)41(58)59)57-15-9-10-32(40(57)50)30(3)39(49)54-42-52-35-11-7-8-12-36(35)61-42/h7-8,11-14,22,29,48,51H,9-10,15-21,23-28,49-50H2,1-6H3,(H,52,54)(H,58,59)/b34-31+,39-30+,48-22?. The lowest BCUT2D eigenvalue weighted by Gasteiger charge is -2.82. The van der Waals surface area contributed by atoms with Crippen LogP contribution in [-0.4, -0.2) is 101 Å². The normalized spacial score (nSPS) is 31.7. The molecule has 2 atom stereocenters. The van der Waals surface area contributed by atoms with E-state index in [0.717, 1.165) is 105 Å². The monoisotopic (exact) mass is 848 g/mol. The average molecular weight is 849 g/mol. The number of carboxylic acid groups (broad SMARTS) is 1. The molecule has 0 amide bonds. The molecule has 3 aromatic rings. The van der Waals surface area contributed by atoms with Crippen molar-refractivity contribution in [3.63, 3.8) is 0 Å². The van der Waals surface area contributed by atoms with Crippen LogP contribution < -0.4 is 27.0 Å². The summed E-state index contributed by atoms with van der Waals surface area (Å²) in [5, 5.41) is 26.7. The van der Waals surface area contributed by atoms with Crippen molar-refractivity contribution in [1.29, 1.82) is 5.41 Å². The number of nitrogens with one attached hydrogen (secondary N) is 3. The summed E-state index contributed by atoms with van der Waals surface area (Å²) >= 11 is 1.53. The molecule has 2 aromatic heterocycles. The van der Waals surface area contributed by atoms with Crippen LogP contribution in [0.1, 0.15) is 103 Å². The maximum atomic E-state index is 12.9. The number of nitrogens with two attached hydrogens (primary N) is 2. The van der Waals surface area contributed by atoms with Crippen molar-refractivity contribution in [2.45, 2.75) is 98.1 Å². The zero-order chi connectivity index (χ0) is 43.1. The zero-order valence-electron chi connectivity index (χ0n) is 36.8. The van der Waals surface area contributed by atoms with Gasteiger partial charge in [-0.3, -0.25) is 9.80 Å². The Morgan fingerprint density at radius 1 is 1.02 bits per heavy atom. The Kier molecular flexibility index (Phi) is 10.4. The fraction of sp³-hybridized carbons (Fsp3) is 0.574. The maximum absolute atomic E-state index is 12.9. The highest BCUT2D eigenvalue weighted by molar-refractivity contribution is 7.22. The number of rotatable bonds is 15. The average Bonchev–Trinajstić information content (AvgIpc) is 3.83. The quantitative estimate of drug-likeness (QED) is 0.0848. The van der Waals surface area contributed by atoms with E-state index >= 15 is 0 Å². The molecule has 5 fully saturated rings. The number of para-hydroxylation sites is 1. The second-order valence-electron chi connectivity index (χ2n) is 19.9. The number of carboxylic acids is 1. The molecule has 13 nitrogen and oxygen atoms in total. The van der Waals surface area contributed by atoms with Crippen molar-refractivity contribution in [1.82, 2.24) is 25.1 Å². The van der Waals surface area contributed by atoms with Crippen molar-refractivity contribution >= 4 is 50.3 Å². The van der Waals surface area contributed by atoms with Gasteiger partial charge in [0, 0.05) is 80.3 Å². The van der Waals surface area contributed by atoms with E-state index in [4.69, 9.17) is 26.6 Å². The Balaban J connectivity index is 0.890. The van der Waals surface area contributed by atoms with Crippen LogP contribution in [0.15, 0.2) is 64.9 Å². The van der Waals surface area contributed by atoms with Crippen LogP contribution in [0.2, 0.25) is 0 Å². The van der Waals surface area contributed by atoms with E-state index in [9.17, 15) is 9.90 Å². The number of fused-ring (bicyclic) bond motifs is 2. The molecule has 2 unspecified atom stereocenters. The molecule has 8 N–H and O–H groups in total. The summed E-state index contributed by atoms with van der Waals surface area (Å²) in [5.41, 5.74) is 18.4. The Labute approximate surface area is 364 Å². The molecule has 4 saturated carbocycles. The minimum atomic E-state index is -1.16. The molecule has 0 radical (unpaired) electrons. The summed E-state index contributed by atoms with van der Waals surface area (Å²) in [4.78, 5) is 29.2. The number of allylic oxidation sites excluding steroid dienone is 4. The van der Waals surface area contributed by atoms with E-state index in [1.165, 1.54) is 30.4 Å². The number of anilines is 2. The van der Waals surface area contributed by atoms with Crippen LogP contribution >= 0.6 is 11.3 Å². The van der Waals surface area contributed by atoms with Gasteiger partial charge in [0.1, 0.15) is 17.5 Å². The SMILES string of the molecule is C/C(NCC12CC3(C)CC4(OCCN5CCN(C(C)C)CC5)CC(C)(C1)C34C2)=C(/C=N)c1ccc(N2CCCC(/C(C)=C(\N)Nc3nc4ccccc4s3)=C2N)nc1C(=O)O. The molecular weight excluding hydrogens is 785 g/mol. The number of benzene rings is 1. The molecule has 4 aliphatic carbocycles. The van der Waals surface area contributed by atoms with Gasteiger partial charge in [0.2, 0.25) is 0 Å². The Bertz CT molecular complexity index is 2300. The zero-order valence-corrected chi connectivity index (χ0v) is 37.6. The smallest absolute Gasteiger partial charge is 0.355 e. The van der Waals surface area contributed by atoms with Crippen molar-refractivity contribution in [2.24, 2.45) is 33.1 Å². The summed E-state index contributed by atoms with van der Waals surface area (Å²) in [5.74, 6) is 0.237. The van der Waals surface area contributed by atoms with Gasteiger partial charge in [-0.15, -0.1) is 0 Å². The van der Waals surface area contributed by atoms with Crippen molar-refractivity contribution in [3.8, 4) is 0 Å². The molecule has 1 aromatic carbocycles. The Morgan fingerprint density at radius 3 is 2.41 bits per heavy atom. The second kappa shape index (κ2) is 15.1.